The first-order chi connectivity index (χ1) is 14.9. The molecule has 0 saturated carbocycles. The number of nitrogens with one attached hydrogen (secondary N) is 2. The second kappa shape index (κ2) is 13.8. The Bertz CT molecular complexity index is 539. The van der Waals surface area contributed by atoms with E-state index in [2.05, 4.69) is 27.4 Å². The summed E-state index contributed by atoms with van der Waals surface area (Å²) in [7, 11) is 0. The van der Waals surface area contributed by atoms with Crippen molar-refractivity contribution < 1.29 is 19.0 Å². The SMILES string of the molecule is CCNC(=NCCCOCC1CCOC1)NCCN1CCN(C(=O)OC(C)(C)C)CC1. The van der Waals surface area contributed by atoms with E-state index < -0.39 is 5.60 Å². The van der Waals surface area contributed by atoms with Gasteiger partial charge in [0.05, 0.1) is 13.2 Å². The molecule has 1 atom stereocenters. The van der Waals surface area contributed by atoms with Crippen molar-refractivity contribution in [3.63, 3.8) is 0 Å². The van der Waals surface area contributed by atoms with Gasteiger partial charge in [0.15, 0.2) is 5.96 Å². The molecule has 180 valence electrons. The molecule has 2 aliphatic rings. The summed E-state index contributed by atoms with van der Waals surface area (Å²) in [6, 6.07) is 0. The van der Waals surface area contributed by atoms with E-state index in [0.717, 1.165) is 84.5 Å². The van der Waals surface area contributed by atoms with Crippen molar-refractivity contribution in [2.75, 3.05) is 78.8 Å². The normalized spacial score (nSPS) is 20.7. The van der Waals surface area contributed by atoms with Crippen LogP contribution in [0.4, 0.5) is 4.79 Å². The molecule has 0 bridgehead atoms. The number of guanidine groups is 1. The van der Waals surface area contributed by atoms with Gasteiger partial charge in [-0.2, -0.15) is 0 Å². The number of nitrogens with zero attached hydrogens (tertiary/aromatic N) is 3. The van der Waals surface area contributed by atoms with E-state index in [1.165, 1.54) is 0 Å². The van der Waals surface area contributed by atoms with E-state index in [1.54, 1.807) is 4.90 Å². The first-order valence-electron chi connectivity index (χ1n) is 11.8. The second-order valence-corrected chi connectivity index (χ2v) is 9.15. The number of piperazine rings is 1. The molecular formula is C22H43N5O4. The molecule has 2 rings (SSSR count). The molecule has 2 heterocycles. The number of carbonyl (C=O) groups is 1. The number of amides is 1. The van der Waals surface area contributed by atoms with E-state index in [0.29, 0.717) is 19.0 Å². The lowest BCUT2D eigenvalue weighted by Crippen LogP contribution is -2.51. The van der Waals surface area contributed by atoms with Gasteiger partial charge in [-0.1, -0.05) is 0 Å². The Balaban J connectivity index is 1.56. The van der Waals surface area contributed by atoms with Gasteiger partial charge >= 0.3 is 6.09 Å². The largest absolute Gasteiger partial charge is 0.444 e. The maximum absolute atomic E-state index is 12.2. The Morgan fingerprint density at radius 1 is 1.19 bits per heavy atom. The third kappa shape index (κ3) is 11.0. The van der Waals surface area contributed by atoms with Crippen LogP contribution in [0.2, 0.25) is 0 Å². The Labute approximate surface area is 187 Å². The number of ether oxygens (including phenoxy) is 3. The van der Waals surface area contributed by atoms with E-state index in [9.17, 15) is 4.79 Å². The second-order valence-electron chi connectivity index (χ2n) is 9.15. The molecule has 0 aromatic carbocycles. The van der Waals surface area contributed by atoms with Crippen LogP contribution in [-0.2, 0) is 14.2 Å². The van der Waals surface area contributed by atoms with Gasteiger partial charge in [0, 0.05) is 71.5 Å². The minimum Gasteiger partial charge on any atom is -0.444 e. The average Bonchev–Trinajstić information content (AvgIpc) is 3.23. The van der Waals surface area contributed by atoms with Crippen LogP contribution in [0.5, 0.6) is 0 Å². The van der Waals surface area contributed by atoms with E-state index in [4.69, 9.17) is 14.2 Å². The van der Waals surface area contributed by atoms with Crippen LogP contribution in [0, 0.1) is 5.92 Å². The standard InChI is InChI=1S/C22H43N5O4/c1-5-23-20(24-8-6-15-29-17-19-7-16-30-18-19)25-9-10-26-11-13-27(14-12-26)21(28)31-22(2,3)4/h19H,5-18H2,1-4H3,(H2,23,24,25). The molecule has 0 aliphatic carbocycles. The third-order valence-electron chi connectivity index (χ3n) is 5.18. The lowest BCUT2D eigenvalue weighted by atomic mass is 10.1. The highest BCUT2D eigenvalue weighted by Crippen LogP contribution is 2.12. The molecule has 9 nitrogen and oxygen atoms in total. The van der Waals surface area contributed by atoms with Crippen molar-refractivity contribution in [1.82, 2.24) is 20.4 Å². The topological polar surface area (TPSA) is 87.7 Å². The van der Waals surface area contributed by atoms with Crippen LogP contribution in [0.3, 0.4) is 0 Å². The lowest BCUT2D eigenvalue weighted by molar-refractivity contribution is 0.0147. The highest BCUT2D eigenvalue weighted by atomic mass is 16.6. The van der Waals surface area contributed by atoms with Crippen molar-refractivity contribution in [3.8, 4) is 0 Å². The molecule has 2 aliphatic heterocycles. The highest BCUT2D eigenvalue weighted by Gasteiger charge is 2.25. The fraction of sp³-hybridized carbons (Fsp3) is 0.909. The number of carbonyl (C=O) groups excluding carboxylic acids is 1. The summed E-state index contributed by atoms with van der Waals surface area (Å²) >= 11 is 0. The van der Waals surface area contributed by atoms with Crippen molar-refractivity contribution in [2.24, 2.45) is 10.9 Å². The first-order valence-corrected chi connectivity index (χ1v) is 11.8. The fourth-order valence-electron chi connectivity index (χ4n) is 3.48. The molecule has 1 unspecified atom stereocenters. The number of rotatable bonds is 10. The molecule has 0 aromatic heterocycles. The molecule has 2 N–H and O–H groups in total. The molecule has 2 saturated heterocycles. The number of hydrogen-bond donors (Lipinski definition) is 2. The quantitative estimate of drug-likeness (QED) is 0.302. The zero-order valence-electron chi connectivity index (χ0n) is 20.0. The molecule has 1 amide bonds. The van der Waals surface area contributed by atoms with Crippen LogP contribution in [0.25, 0.3) is 0 Å². The van der Waals surface area contributed by atoms with Gasteiger partial charge in [0.1, 0.15) is 5.60 Å². The molecule has 0 spiro atoms. The van der Waals surface area contributed by atoms with Crippen molar-refractivity contribution in [1.29, 1.82) is 0 Å². The molecule has 31 heavy (non-hydrogen) atoms. The minimum absolute atomic E-state index is 0.215. The Morgan fingerprint density at radius 3 is 2.61 bits per heavy atom. The van der Waals surface area contributed by atoms with E-state index in [1.807, 2.05) is 20.8 Å². The zero-order chi connectivity index (χ0) is 22.5. The summed E-state index contributed by atoms with van der Waals surface area (Å²) in [6.07, 6.45) is 1.81. The van der Waals surface area contributed by atoms with Gasteiger partial charge in [-0.15, -0.1) is 0 Å². The van der Waals surface area contributed by atoms with Gasteiger partial charge in [0.2, 0.25) is 0 Å². The molecule has 2 fully saturated rings. The summed E-state index contributed by atoms with van der Waals surface area (Å²) < 4.78 is 16.6. The molecular weight excluding hydrogens is 398 g/mol. The number of hydrogen-bond acceptors (Lipinski definition) is 6. The van der Waals surface area contributed by atoms with Crippen molar-refractivity contribution >= 4 is 12.1 Å². The summed E-state index contributed by atoms with van der Waals surface area (Å²) in [5.74, 6) is 1.41. The van der Waals surface area contributed by atoms with Crippen LogP contribution >= 0.6 is 0 Å². The third-order valence-corrected chi connectivity index (χ3v) is 5.18. The van der Waals surface area contributed by atoms with E-state index in [-0.39, 0.29) is 6.09 Å². The van der Waals surface area contributed by atoms with Gasteiger partial charge in [-0.3, -0.25) is 9.89 Å². The predicted octanol–water partition coefficient (Wildman–Crippen LogP) is 1.54. The van der Waals surface area contributed by atoms with E-state index >= 15 is 0 Å². The van der Waals surface area contributed by atoms with Crippen LogP contribution in [-0.4, -0.2) is 106 Å². The first kappa shape index (κ1) is 25.7. The summed E-state index contributed by atoms with van der Waals surface area (Å²) in [5.41, 5.74) is -0.447. The minimum atomic E-state index is -0.447. The van der Waals surface area contributed by atoms with Crippen molar-refractivity contribution in [2.45, 2.75) is 46.1 Å². The van der Waals surface area contributed by atoms with Gasteiger partial charge in [0.25, 0.3) is 0 Å². The monoisotopic (exact) mass is 441 g/mol. The van der Waals surface area contributed by atoms with Gasteiger partial charge < -0.3 is 29.7 Å². The molecule has 9 heteroatoms. The lowest BCUT2D eigenvalue weighted by Gasteiger charge is -2.35. The van der Waals surface area contributed by atoms with Crippen LogP contribution < -0.4 is 10.6 Å². The average molecular weight is 442 g/mol. The summed E-state index contributed by atoms with van der Waals surface area (Å²) in [5, 5.41) is 6.70. The summed E-state index contributed by atoms with van der Waals surface area (Å²) in [6.45, 7) is 17.4. The Hall–Kier alpha value is -1.58. The molecule has 0 radical (unpaired) electrons. The fourth-order valence-corrected chi connectivity index (χ4v) is 3.48. The highest BCUT2D eigenvalue weighted by molar-refractivity contribution is 5.79. The van der Waals surface area contributed by atoms with Crippen LogP contribution in [0.1, 0.15) is 40.5 Å². The predicted molar refractivity (Wildman–Crippen MR) is 123 cm³/mol. The molecule has 0 aromatic rings. The number of aliphatic imine (C=N–C) groups is 1. The maximum atomic E-state index is 12.2. The maximum Gasteiger partial charge on any atom is 0.410 e. The summed E-state index contributed by atoms with van der Waals surface area (Å²) in [4.78, 5) is 21.0. The smallest absolute Gasteiger partial charge is 0.410 e. The van der Waals surface area contributed by atoms with Crippen molar-refractivity contribution in [3.05, 3.63) is 0 Å². The van der Waals surface area contributed by atoms with Gasteiger partial charge in [-0.05, 0) is 40.5 Å². The zero-order valence-corrected chi connectivity index (χ0v) is 20.0. The van der Waals surface area contributed by atoms with Crippen LogP contribution in [0.15, 0.2) is 4.99 Å². The Morgan fingerprint density at radius 2 is 1.97 bits per heavy atom. The van der Waals surface area contributed by atoms with Gasteiger partial charge in [-0.25, -0.2) is 4.79 Å². The Kier molecular flexibility index (Phi) is 11.4.